The number of rotatable bonds is 5. The van der Waals surface area contributed by atoms with Crippen LogP contribution in [0.5, 0.6) is 0 Å². The number of halogens is 1. The van der Waals surface area contributed by atoms with Crippen LogP contribution in [-0.2, 0) is 16.6 Å². The Labute approximate surface area is 128 Å². The number of nitrogens with one attached hydrogen (secondary N) is 1. The minimum atomic E-state index is -3.69. The monoisotopic (exact) mass is 375 g/mol. The third kappa shape index (κ3) is 3.66. The zero-order chi connectivity index (χ0) is 14.8. The largest absolute Gasteiger partial charge is 0.477 e. The smallest absolute Gasteiger partial charge is 0.345 e. The Kier molecular flexibility index (Phi) is 4.59. The Morgan fingerprint density at radius 1 is 1.20 bits per heavy atom. The van der Waals surface area contributed by atoms with Crippen LogP contribution in [0.2, 0.25) is 0 Å². The van der Waals surface area contributed by atoms with Crippen LogP contribution < -0.4 is 4.72 Å². The van der Waals surface area contributed by atoms with E-state index >= 15 is 0 Å². The predicted octanol–water partition coefficient (Wildman–Crippen LogP) is 2.69. The first-order chi connectivity index (χ1) is 9.38. The van der Waals surface area contributed by atoms with Crippen LogP contribution in [0.3, 0.4) is 0 Å². The van der Waals surface area contributed by atoms with E-state index < -0.39 is 16.0 Å². The molecule has 20 heavy (non-hydrogen) atoms. The zero-order valence-electron chi connectivity index (χ0n) is 10.0. The number of sulfonamides is 1. The summed E-state index contributed by atoms with van der Waals surface area (Å²) in [7, 11) is -3.69. The first-order valence-electron chi connectivity index (χ1n) is 5.46. The number of carboxylic acids is 1. The van der Waals surface area contributed by atoms with Gasteiger partial charge in [-0.2, -0.15) is 0 Å². The molecule has 0 saturated heterocycles. The number of hydrogen-bond donors (Lipinski definition) is 2. The maximum Gasteiger partial charge on any atom is 0.345 e. The summed E-state index contributed by atoms with van der Waals surface area (Å²) in [5.74, 6) is -1.13. The second-order valence-electron chi connectivity index (χ2n) is 3.87. The number of aromatic carboxylic acids is 1. The van der Waals surface area contributed by atoms with Crippen LogP contribution in [0.1, 0.15) is 15.2 Å². The molecule has 0 spiro atoms. The van der Waals surface area contributed by atoms with Crippen LogP contribution >= 0.6 is 27.3 Å². The zero-order valence-corrected chi connectivity index (χ0v) is 13.3. The summed E-state index contributed by atoms with van der Waals surface area (Å²) in [5.41, 5.74) is 0.812. The van der Waals surface area contributed by atoms with E-state index in [1.165, 1.54) is 12.1 Å². The van der Waals surface area contributed by atoms with Crippen LogP contribution in [0.15, 0.2) is 45.1 Å². The number of benzene rings is 1. The predicted molar refractivity (Wildman–Crippen MR) is 79.4 cm³/mol. The van der Waals surface area contributed by atoms with E-state index in [0.717, 1.165) is 21.4 Å². The maximum absolute atomic E-state index is 12.0. The number of thiophene rings is 1. The van der Waals surface area contributed by atoms with Crippen molar-refractivity contribution in [3.8, 4) is 0 Å². The summed E-state index contributed by atoms with van der Waals surface area (Å²) < 4.78 is 27.4. The molecule has 1 aromatic heterocycles. The Balaban J connectivity index is 2.10. The van der Waals surface area contributed by atoms with Crippen LogP contribution in [0.4, 0.5) is 0 Å². The molecule has 1 heterocycles. The fourth-order valence-corrected chi connectivity index (χ4v) is 3.90. The van der Waals surface area contributed by atoms with Crippen molar-refractivity contribution < 1.29 is 18.3 Å². The first-order valence-corrected chi connectivity index (χ1v) is 8.55. The molecule has 8 heteroatoms. The van der Waals surface area contributed by atoms with Crippen molar-refractivity contribution in [3.05, 3.63) is 51.3 Å². The fourth-order valence-electron chi connectivity index (χ4n) is 1.43. The van der Waals surface area contributed by atoms with Gasteiger partial charge in [-0.15, -0.1) is 11.3 Å². The first kappa shape index (κ1) is 15.2. The molecule has 106 valence electrons. The molecule has 0 aliphatic rings. The standard InChI is InChI=1S/C12H10BrNO4S2/c13-9-3-1-8(2-4-9)7-14-20(17,18)11-6-5-10(19-11)12(15)16/h1-6,14H,7H2,(H,15,16). The topological polar surface area (TPSA) is 83.5 Å². The van der Waals surface area contributed by atoms with E-state index in [1.807, 2.05) is 12.1 Å². The van der Waals surface area contributed by atoms with Crippen molar-refractivity contribution >= 4 is 43.3 Å². The van der Waals surface area contributed by atoms with Crippen molar-refractivity contribution in [2.24, 2.45) is 0 Å². The molecular formula is C12H10BrNO4S2. The molecule has 1 aromatic carbocycles. The molecule has 2 N–H and O–H groups in total. The Morgan fingerprint density at radius 3 is 2.40 bits per heavy atom. The quantitative estimate of drug-likeness (QED) is 0.841. The Hall–Kier alpha value is -1.22. The summed E-state index contributed by atoms with van der Waals surface area (Å²) in [6.45, 7) is 0.149. The highest BCUT2D eigenvalue weighted by Crippen LogP contribution is 2.21. The van der Waals surface area contributed by atoms with Crippen molar-refractivity contribution in [3.63, 3.8) is 0 Å². The van der Waals surface area contributed by atoms with E-state index in [1.54, 1.807) is 12.1 Å². The molecular weight excluding hydrogens is 366 g/mol. The molecule has 2 aromatic rings. The second kappa shape index (κ2) is 6.04. The molecule has 0 amide bonds. The van der Waals surface area contributed by atoms with Gasteiger partial charge in [-0.1, -0.05) is 28.1 Å². The molecule has 0 radical (unpaired) electrons. The highest BCUT2D eigenvalue weighted by molar-refractivity contribution is 9.10. The summed E-state index contributed by atoms with van der Waals surface area (Å²) in [4.78, 5) is 10.7. The van der Waals surface area contributed by atoms with E-state index in [4.69, 9.17) is 5.11 Å². The molecule has 5 nitrogen and oxygen atoms in total. The second-order valence-corrected chi connectivity index (χ2v) is 7.87. The van der Waals surface area contributed by atoms with Gasteiger partial charge in [0.15, 0.2) is 0 Å². The summed E-state index contributed by atoms with van der Waals surface area (Å²) in [6, 6.07) is 9.79. The summed E-state index contributed by atoms with van der Waals surface area (Å²) in [5, 5.41) is 8.79. The lowest BCUT2D eigenvalue weighted by Gasteiger charge is -2.04. The van der Waals surface area contributed by atoms with Gasteiger partial charge in [-0.25, -0.2) is 17.9 Å². The fraction of sp³-hybridized carbons (Fsp3) is 0.0833. The normalized spacial score (nSPS) is 11.4. The van der Waals surface area contributed by atoms with Gasteiger partial charge in [-0.3, -0.25) is 0 Å². The Morgan fingerprint density at radius 2 is 1.85 bits per heavy atom. The average molecular weight is 376 g/mol. The third-order valence-electron chi connectivity index (χ3n) is 2.44. The lowest BCUT2D eigenvalue weighted by atomic mass is 10.2. The highest BCUT2D eigenvalue weighted by Gasteiger charge is 2.18. The van der Waals surface area contributed by atoms with Gasteiger partial charge in [0.05, 0.1) is 0 Å². The van der Waals surface area contributed by atoms with E-state index in [-0.39, 0.29) is 15.6 Å². The average Bonchev–Trinajstić information content (AvgIpc) is 2.89. The van der Waals surface area contributed by atoms with E-state index in [2.05, 4.69) is 20.7 Å². The molecule has 0 unspecified atom stereocenters. The number of hydrogen-bond acceptors (Lipinski definition) is 4. The van der Waals surface area contributed by atoms with Gasteiger partial charge in [-0.05, 0) is 29.8 Å². The van der Waals surface area contributed by atoms with Gasteiger partial charge in [0.1, 0.15) is 9.09 Å². The lowest BCUT2D eigenvalue weighted by molar-refractivity contribution is 0.0702. The van der Waals surface area contributed by atoms with Gasteiger partial charge in [0.25, 0.3) is 0 Å². The Bertz CT molecular complexity index is 722. The summed E-state index contributed by atoms with van der Waals surface area (Å²) in [6.07, 6.45) is 0. The molecule has 0 aliphatic carbocycles. The molecule has 0 atom stereocenters. The van der Waals surface area contributed by atoms with Crippen LogP contribution in [0, 0.1) is 0 Å². The maximum atomic E-state index is 12.0. The van der Waals surface area contributed by atoms with E-state index in [9.17, 15) is 13.2 Å². The third-order valence-corrected chi connectivity index (χ3v) is 5.93. The number of carboxylic acid groups (broad SMARTS) is 1. The van der Waals surface area contributed by atoms with Crippen LogP contribution in [-0.4, -0.2) is 19.5 Å². The van der Waals surface area contributed by atoms with Gasteiger partial charge < -0.3 is 5.11 Å². The van der Waals surface area contributed by atoms with Crippen molar-refractivity contribution in [2.75, 3.05) is 0 Å². The molecule has 0 aliphatic heterocycles. The lowest BCUT2D eigenvalue weighted by Crippen LogP contribution is -2.22. The van der Waals surface area contributed by atoms with Crippen molar-refractivity contribution in [2.45, 2.75) is 10.8 Å². The molecule has 0 fully saturated rings. The van der Waals surface area contributed by atoms with Crippen molar-refractivity contribution in [1.82, 2.24) is 4.72 Å². The van der Waals surface area contributed by atoms with Gasteiger partial charge >= 0.3 is 5.97 Å². The SMILES string of the molecule is O=C(O)c1ccc(S(=O)(=O)NCc2ccc(Br)cc2)s1. The highest BCUT2D eigenvalue weighted by atomic mass is 79.9. The van der Waals surface area contributed by atoms with Gasteiger partial charge in [0, 0.05) is 11.0 Å². The summed E-state index contributed by atoms with van der Waals surface area (Å²) >= 11 is 4.02. The van der Waals surface area contributed by atoms with Crippen molar-refractivity contribution in [1.29, 1.82) is 0 Å². The molecule has 2 rings (SSSR count). The molecule has 0 bridgehead atoms. The number of carbonyl (C=O) groups is 1. The van der Waals surface area contributed by atoms with E-state index in [0.29, 0.717) is 0 Å². The van der Waals surface area contributed by atoms with Gasteiger partial charge in [0.2, 0.25) is 10.0 Å². The minimum absolute atomic E-state index is 0.00554. The minimum Gasteiger partial charge on any atom is -0.477 e. The van der Waals surface area contributed by atoms with Crippen LogP contribution in [0.25, 0.3) is 0 Å². The molecule has 0 saturated carbocycles.